The van der Waals surface area contributed by atoms with Crippen LogP contribution in [0.25, 0.3) is 0 Å². The first-order valence-electron chi connectivity index (χ1n) is 36.2. The number of esters is 4. The van der Waals surface area contributed by atoms with Crippen LogP contribution >= 0.6 is 15.6 Å². The minimum absolute atomic E-state index is 0.101. The molecule has 3 unspecified atom stereocenters. The molecule has 0 bridgehead atoms. The fourth-order valence-electron chi connectivity index (χ4n) is 10.5. The highest BCUT2D eigenvalue weighted by molar-refractivity contribution is 7.47. The van der Waals surface area contributed by atoms with Crippen molar-refractivity contribution in [2.24, 2.45) is 23.7 Å². The Kier molecular flexibility index (Phi) is 58.5. The summed E-state index contributed by atoms with van der Waals surface area (Å²) in [6.07, 6.45) is 42.0. The van der Waals surface area contributed by atoms with Gasteiger partial charge in [0.1, 0.15) is 19.3 Å². The summed E-state index contributed by atoms with van der Waals surface area (Å²) in [7, 11) is -9.90. The number of phosphoric ester groups is 2. The maximum Gasteiger partial charge on any atom is 0.472 e. The Hall–Kier alpha value is -1.94. The second kappa shape index (κ2) is 59.8. The van der Waals surface area contributed by atoms with Crippen LogP contribution in [0.15, 0.2) is 0 Å². The predicted octanol–water partition coefficient (Wildman–Crippen LogP) is 19.7. The van der Waals surface area contributed by atoms with Crippen molar-refractivity contribution in [1.82, 2.24) is 0 Å². The molecule has 0 radical (unpaired) electrons. The lowest BCUT2D eigenvalue weighted by Gasteiger charge is -2.21. The van der Waals surface area contributed by atoms with E-state index in [4.69, 9.17) is 37.0 Å². The molecule has 0 aliphatic heterocycles. The lowest BCUT2D eigenvalue weighted by Crippen LogP contribution is -2.30. The first kappa shape index (κ1) is 87.1. The second-order valence-corrected chi connectivity index (χ2v) is 30.1. The van der Waals surface area contributed by atoms with Crippen LogP contribution in [0.1, 0.15) is 344 Å². The number of hydrogen-bond acceptors (Lipinski definition) is 15. The number of phosphoric acid groups is 2. The Morgan fingerprint density at radius 3 is 0.697 bits per heavy atom. The molecule has 528 valence electrons. The van der Waals surface area contributed by atoms with Gasteiger partial charge in [0, 0.05) is 25.7 Å². The molecule has 5 atom stereocenters. The van der Waals surface area contributed by atoms with Crippen molar-refractivity contribution in [1.29, 1.82) is 0 Å². The molecule has 0 aromatic rings. The summed E-state index contributed by atoms with van der Waals surface area (Å²) in [5.74, 6) is 0.790. The van der Waals surface area contributed by atoms with Crippen LogP contribution < -0.4 is 0 Å². The van der Waals surface area contributed by atoms with Crippen LogP contribution in [-0.2, 0) is 65.4 Å². The Labute approximate surface area is 543 Å². The molecule has 0 saturated heterocycles. The van der Waals surface area contributed by atoms with Gasteiger partial charge in [-0.25, -0.2) is 9.13 Å². The van der Waals surface area contributed by atoms with Crippen LogP contribution in [0, 0.1) is 23.7 Å². The Morgan fingerprint density at radius 1 is 0.281 bits per heavy atom. The van der Waals surface area contributed by atoms with Crippen molar-refractivity contribution in [3.05, 3.63) is 0 Å². The van der Waals surface area contributed by atoms with E-state index in [1.54, 1.807) is 0 Å². The van der Waals surface area contributed by atoms with Gasteiger partial charge >= 0.3 is 39.5 Å². The van der Waals surface area contributed by atoms with Crippen molar-refractivity contribution < 1.29 is 80.2 Å². The van der Waals surface area contributed by atoms with Crippen molar-refractivity contribution in [2.75, 3.05) is 39.6 Å². The number of unbranched alkanes of at least 4 members (excludes halogenated alkanes) is 33. The zero-order valence-electron chi connectivity index (χ0n) is 58.1. The van der Waals surface area contributed by atoms with Gasteiger partial charge in [-0.15, -0.1) is 0 Å². The lowest BCUT2D eigenvalue weighted by atomic mass is 10.0. The molecule has 89 heavy (non-hydrogen) atoms. The number of carbonyl (C=O) groups is 4. The van der Waals surface area contributed by atoms with Crippen LogP contribution in [-0.4, -0.2) is 96.7 Å². The van der Waals surface area contributed by atoms with Crippen molar-refractivity contribution in [3.8, 4) is 0 Å². The van der Waals surface area contributed by atoms with E-state index in [-0.39, 0.29) is 25.7 Å². The normalized spacial score (nSPS) is 14.3. The largest absolute Gasteiger partial charge is 0.472 e. The van der Waals surface area contributed by atoms with Gasteiger partial charge in [0.15, 0.2) is 12.2 Å². The monoisotopic (exact) mass is 1310 g/mol. The molecule has 0 saturated carbocycles. The smallest absolute Gasteiger partial charge is 0.462 e. The van der Waals surface area contributed by atoms with Gasteiger partial charge in [-0.1, -0.05) is 293 Å². The van der Waals surface area contributed by atoms with Gasteiger partial charge in [0.25, 0.3) is 0 Å². The third-order valence-corrected chi connectivity index (χ3v) is 18.0. The highest BCUT2D eigenvalue weighted by Crippen LogP contribution is 2.45. The second-order valence-electron chi connectivity index (χ2n) is 27.2. The third kappa shape index (κ3) is 64.6. The molecule has 0 fully saturated rings. The van der Waals surface area contributed by atoms with Gasteiger partial charge < -0.3 is 33.8 Å². The number of ether oxygens (including phenoxy) is 4. The number of carbonyl (C=O) groups excluding carboxylic acids is 4. The first-order valence-corrected chi connectivity index (χ1v) is 39.2. The number of aliphatic hydroxyl groups is 1. The molecule has 19 heteroatoms. The number of rotatable bonds is 67. The van der Waals surface area contributed by atoms with E-state index >= 15 is 0 Å². The van der Waals surface area contributed by atoms with Crippen LogP contribution in [0.5, 0.6) is 0 Å². The predicted molar refractivity (Wildman–Crippen MR) is 358 cm³/mol. The molecule has 0 aliphatic rings. The van der Waals surface area contributed by atoms with E-state index in [0.29, 0.717) is 31.6 Å². The molecular weight excluding hydrogens is 1170 g/mol. The summed E-state index contributed by atoms with van der Waals surface area (Å²) in [4.78, 5) is 72.4. The lowest BCUT2D eigenvalue weighted by molar-refractivity contribution is -0.161. The molecule has 0 aromatic heterocycles. The summed E-state index contributed by atoms with van der Waals surface area (Å²) in [5, 5.41) is 10.6. The molecule has 0 amide bonds. The number of hydrogen-bond donors (Lipinski definition) is 3. The Balaban J connectivity index is 5.21. The Morgan fingerprint density at radius 2 is 0.472 bits per heavy atom. The van der Waals surface area contributed by atoms with Gasteiger partial charge in [-0.3, -0.25) is 37.3 Å². The highest BCUT2D eigenvalue weighted by atomic mass is 31.2. The first-order chi connectivity index (χ1) is 42.6. The maximum absolute atomic E-state index is 13.0. The van der Waals surface area contributed by atoms with Gasteiger partial charge in [0.2, 0.25) is 0 Å². The van der Waals surface area contributed by atoms with E-state index in [2.05, 4.69) is 55.4 Å². The fraction of sp³-hybridized carbons (Fsp3) is 0.943. The molecule has 0 spiro atoms. The Bertz CT molecular complexity index is 1760. The van der Waals surface area contributed by atoms with Gasteiger partial charge in [-0.2, -0.15) is 0 Å². The SMILES string of the molecule is CC(C)CCCCCCCCCCCCCCCCCC(=O)O[C@H](COC(=O)CCCCCCCCCCC(C)C)COP(=O)(O)OCC(O)COP(=O)(O)OC[C@@H](COC(=O)CCCCCCCCCCC(C)C)OC(=O)CCCCCCCCC(C)C. The summed E-state index contributed by atoms with van der Waals surface area (Å²) in [5.41, 5.74) is 0. The molecular formula is C70H136O17P2. The standard InChI is InChI=1S/C70H136O17P2/c1-60(2)46-38-30-22-16-14-12-10-9-11-13-15-17-27-36-44-52-69(74)86-65(56-80-67(72)50-42-34-25-20-18-23-31-39-47-61(3)4)58-84-88(76,77)82-54-64(71)55-83-89(78,79)85-59-66(87-70(75)53-45-37-29-28-33-41-49-63(7)8)57-81-68(73)51-43-35-26-21-19-24-32-40-48-62(5)6/h60-66,71H,9-59H2,1-8H3,(H,76,77)(H,78,79)/t64?,65-,66-/m1/s1. The van der Waals surface area contributed by atoms with Crippen LogP contribution in [0.2, 0.25) is 0 Å². The average molecular weight is 1310 g/mol. The van der Waals surface area contributed by atoms with Gasteiger partial charge in [0.05, 0.1) is 26.4 Å². The molecule has 0 aromatic carbocycles. The highest BCUT2D eigenvalue weighted by Gasteiger charge is 2.30. The average Bonchev–Trinajstić information content (AvgIpc) is 3.55. The molecule has 0 heterocycles. The zero-order valence-corrected chi connectivity index (χ0v) is 59.8. The molecule has 0 rings (SSSR count). The zero-order chi connectivity index (χ0) is 66.1. The molecule has 17 nitrogen and oxygen atoms in total. The third-order valence-electron chi connectivity index (χ3n) is 16.1. The minimum atomic E-state index is -4.95. The van der Waals surface area contributed by atoms with Crippen LogP contribution in [0.3, 0.4) is 0 Å². The minimum Gasteiger partial charge on any atom is -0.462 e. The van der Waals surface area contributed by atoms with Crippen molar-refractivity contribution in [3.63, 3.8) is 0 Å². The number of aliphatic hydroxyl groups excluding tert-OH is 1. The summed E-state index contributed by atoms with van der Waals surface area (Å²) in [6.45, 7) is 14.0. The topological polar surface area (TPSA) is 237 Å². The van der Waals surface area contributed by atoms with E-state index < -0.39 is 97.5 Å². The van der Waals surface area contributed by atoms with Crippen molar-refractivity contribution in [2.45, 2.75) is 363 Å². The fourth-order valence-corrected chi connectivity index (χ4v) is 12.1. The van der Waals surface area contributed by atoms with Crippen LogP contribution in [0.4, 0.5) is 0 Å². The van der Waals surface area contributed by atoms with E-state index in [1.807, 2.05) is 0 Å². The van der Waals surface area contributed by atoms with E-state index in [9.17, 15) is 43.2 Å². The van der Waals surface area contributed by atoms with E-state index in [1.165, 1.54) is 148 Å². The molecule has 0 aliphatic carbocycles. The molecule has 3 N–H and O–H groups in total. The van der Waals surface area contributed by atoms with Gasteiger partial charge in [-0.05, 0) is 49.4 Å². The summed E-state index contributed by atoms with van der Waals surface area (Å²) in [6, 6.07) is 0. The summed E-state index contributed by atoms with van der Waals surface area (Å²) < 4.78 is 68.2. The quantitative estimate of drug-likeness (QED) is 0.0222. The van der Waals surface area contributed by atoms with E-state index in [0.717, 1.165) is 108 Å². The van der Waals surface area contributed by atoms with Crippen molar-refractivity contribution >= 4 is 39.5 Å². The maximum atomic E-state index is 13.0. The summed E-state index contributed by atoms with van der Waals surface area (Å²) >= 11 is 0.